The van der Waals surface area contributed by atoms with Gasteiger partial charge >= 0.3 is 0 Å². The number of aromatic nitrogens is 1. The molecule has 2 N–H and O–H groups in total. The average Bonchev–Trinajstić information content (AvgIpc) is 2.90. The summed E-state index contributed by atoms with van der Waals surface area (Å²) in [5.74, 6) is 0.639. The molecule has 2 aromatic rings. The Morgan fingerprint density at radius 3 is 2.58 bits per heavy atom. The Hall–Kier alpha value is -1.28. The summed E-state index contributed by atoms with van der Waals surface area (Å²) in [6.45, 7) is 10.3. The van der Waals surface area contributed by atoms with Crippen LogP contribution in [0.1, 0.15) is 44.4 Å². The molecular weight excluding hydrogens is 232 g/mol. The zero-order chi connectivity index (χ0) is 13.6. The van der Waals surface area contributed by atoms with Gasteiger partial charge in [0.1, 0.15) is 0 Å². The molecule has 1 fully saturated rings. The topological polar surface area (TPSA) is 27.8 Å². The van der Waals surface area contributed by atoms with Gasteiger partial charge < -0.3 is 10.3 Å². The molecule has 0 saturated carbocycles. The highest BCUT2D eigenvalue weighted by atomic mass is 15.0. The van der Waals surface area contributed by atoms with E-state index in [1.165, 1.54) is 28.6 Å². The van der Waals surface area contributed by atoms with Crippen molar-refractivity contribution in [3.05, 3.63) is 35.5 Å². The lowest BCUT2D eigenvalue weighted by Crippen LogP contribution is -2.34. The third kappa shape index (κ3) is 2.18. The zero-order valence-electron chi connectivity index (χ0n) is 12.4. The van der Waals surface area contributed by atoms with E-state index in [1.54, 1.807) is 0 Å². The largest absolute Gasteiger partial charge is 0.358 e. The second-order valence-corrected chi connectivity index (χ2v) is 6.97. The van der Waals surface area contributed by atoms with E-state index in [0.717, 1.165) is 6.54 Å². The van der Waals surface area contributed by atoms with Crippen molar-refractivity contribution in [1.82, 2.24) is 10.3 Å². The normalized spacial score (nSPS) is 24.2. The van der Waals surface area contributed by atoms with E-state index in [-0.39, 0.29) is 0 Å². The second-order valence-electron chi connectivity index (χ2n) is 6.97. The first-order valence-electron chi connectivity index (χ1n) is 7.27. The third-order valence-electron chi connectivity index (χ3n) is 4.53. The summed E-state index contributed by atoms with van der Waals surface area (Å²) in [4.78, 5) is 3.53. The quantitative estimate of drug-likeness (QED) is 0.794. The molecule has 1 saturated heterocycles. The third-order valence-corrected chi connectivity index (χ3v) is 4.53. The van der Waals surface area contributed by atoms with Crippen LogP contribution in [0.15, 0.2) is 24.3 Å². The van der Waals surface area contributed by atoms with Gasteiger partial charge in [0.05, 0.1) is 0 Å². The molecule has 1 aromatic carbocycles. The van der Waals surface area contributed by atoms with Crippen molar-refractivity contribution in [2.45, 2.75) is 46.1 Å². The SMILES string of the molecule is Cc1[nH]c2ccccc2c1C1CNC(C(C)(C)C)C1. The number of rotatable bonds is 1. The van der Waals surface area contributed by atoms with Gasteiger partial charge in [0.25, 0.3) is 0 Å². The van der Waals surface area contributed by atoms with Crippen molar-refractivity contribution in [2.75, 3.05) is 6.54 Å². The molecule has 0 radical (unpaired) electrons. The molecule has 0 aliphatic carbocycles. The van der Waals surface area contributed by atoms with Crippen molar-refractivity contribution in [1.29, 1.82) is 0 Å². The maximum atomic E-state index is 3.71. The average molecular weight is 256 g/mol. The monoisotopic (exact) mass is 256 g/mol. The number of hydrogen-bond donors (Lipinski definition) is 2. The summed E-state index contributed by atoms with van der Waals surface area (Å²) >= 11 is 0. The zero-order valence-corrected chi connectivity index (χ0v) is 12.4. The number of benzene rings is 1. The number of aryl methyl sites for hydroxylation is 1. The number of hydrogen-bond acceptors (Lipinski definition) is 1. The molecule has 102 valence electrons. The Morgan fingerprint density at radius 1 is 1.16 bits per heavy atom. The van der Waals surface area contributed by atoms with Crippen LogP contribution in [0.5, 0.6) is 0 Å². The highest BCUT2D eigenvalue weighted by molar-refractivity contribution is 5.85. The summed E-state index contributed by atoms with van der Waals surface area (Å²) in [5, 5.41) is 5.12. The van der Waals surface area contributed by atoms with Crippen LogP contribution in [0.25, 0.3) is 10.9 Å². The summed E-state index contributed by atoms with van der Waals surface area (Å²) < 4.78 is 0. The molecule has 2 nitrogen and oxygen atoms in total. The van der Waals surface area contributed by atoms with Gasteiger partial charge in [-0.05, 0) is 30.4 Å². The number of fused-ring (bicyclic) bond motifs is 1. The first-order valence-corrected chi connectivity index (χ1v) is 7.27. The summed E-state index contributed by atoms with van der Waals surface area (Å²) in [5.41, 5.74) is 4.47. The Morgan fingerprint density at radius 2 is 1.89 bits per heavy atom. The van der Waals surface area contributed by atoms with Gasteiger partial charge in [-0.1, -0.05) is 39.0 Å². The van der Waals surface area contributed by atoms with E-state index in [1.807, 2.05) is 0 Å². The minimum atomic E-state index is 0.342. The van der Waals surface area contributed by atoms with Crippen LogP contribution in [0.4, 0.5) is 0 Å². The molecule has 1 aliphatic heterocycles. The molecule has 1 aromatic heterocycles. The lowest BCUT2D eigenvalue weighted by molar-refractivity contribution is 0.293. The predicted octanol–water partition coefficient (Wildman–Crippen LogP) is 3.97. The molecular formula is C17H24N2. The van der Waals surface area contributed by atoms with Crippen molar-refractivity contribution in [2.24, 2.45) is 5.41 Å². The highest BCUT2D eigenvalue weighted by Crippen LogP contribution is 2.38. The van der Waals surface area contributed by atoms with Gasteiger partial charge in [-0.3, -0.25) is 0 Å². The molecule has 2 unspecified atom stereocenters. The summed E-state index contributed by atoms with van der Waals surface area (Å²) in [6.07, 6.45) is 1.24. The maximum Gasteiger partial charge on any atom is 0.0458 e. The fourth-order valence-electron chi connectivity index (χ4n) is 3.44. The van der Waals surface area contributed by atoms with E-state index in [2.05, 4.69) is 62.3 Å². The van der Waals surface area contributed by atoms with Crippen molar-refractivity contribution in [3.63, 3.8) is 0 Å². The Balaban J connectivity index is 1.96. The smallest absolute Gasteiger partial charge is 0.0458 e. The van der Waals surface area contributed by atoms with Crippen molar-refractivity contribution < 1.29 is 0 Å². The minimum absolute atomic E-state index is 0.342. The Bertz CT molecular complexity index is 589. The fraction of sp³-hybridized carbons (Fsp3) is 0.529. The first kappa shape index (κ1) is 12.7. The number of nitrogens with one attached hydrogen (secondary N) is 2. The molecule has 0 spiro atoms. The number of aromatic amines is 1. The van der Waals surface area contributed by atoms with Crippen LogP contribution < -0.4 is 5.32 Å². The van der Waals surface area contributed by atoms with E-state index in [4.69, 9.17) is 0 Å². The van der Waals surface area contributed by atoms with Gasteiger partial charge in [-0.15, -0.1) is 0 Å². The van der Waals surface area contributed by atoms with Crippen LogP contribution in [0.3, 0.4) is 0 Å². The van der Waals surface area contributed by atoms with E-state index < -0.39 is 0 Å². The molecule has 1 aliphatic rings. The first-order chi connectivity index (χ1) is 8.97. The predicted molar refractivity (Wildman–Crippen MR) is 81.6 cm³/mol. The van der Waals surface area contributed by atoms with Crippen LogP contribution in [-0.2, 0) is 0 Å². The van der Waals surface area contributed by atoms with E-state index >= 15 is 0 Å². The molecule has 19 heavy (non-hydrogen) atoms. The fourth-order valence-corrected chi connectivity index (χ4v) is 3.44. The number of H-pyrrole nitrogens is 1. The van der Waals surface area contributed by atoms with Gasteiger partial charge in [0.15, 0.2) is 0 Å². The van der Waals surface area contributed by atoms with E-state index in [9.17, 15) is 0 Å². The van der Waals surface area contributed by atoms with Crippen LogP contribution in [-0.4, -0.2) is 17.6 Å². The summed E-state index contributed by atoms with van der Waals surface area (Å²) in [7, 11) is 0. The number of para-hydroxylation sites is 1. The molecule has 2 heterocycles. The maximum absolute atomic E-state index is 3.71. The van der Waals surface area contributed by atoms with E-state index in [0.29, 0.717) is 17.4 Å². The van der Waals surface area contributed by atoms with Crippen molar-refractivity contribution in [3.8, 4) is 0 Å². The molecule has 2 atom stereocenters. The molecule has 2 heteroatoms. The van der Waals surface area contributed by atoms with Crippen LogP contribution in [0.2, 0.25) is 0 Å². The van der Waals surface area contributed by atoms with Gasteiger partial charge in [-0.2, -0.15) is 0 Å². The van der Waals surface area contributed by atoms with Crippen molar-refractivity contribution >= 4 is 10.9 Å². The van der Waals surface area contributed by atoms with Crippen LogP contribution in [0, 0.1) is 12.3 Å². The molecule has 3 rings (SSSR count). The lowest BCUT2D eigenvalue weighted by Gasteiger charge is -2.27. The standard InChI is InChI=1S/C17H24N2/c1-11-16(13-7-5-6-8-14(13)19-11)12-9-15(18-10-12)17(2,3)4/h5-8,12,15,18-19H,9-10H2,1-4H3. The summed E-state index contributed by atoms with van der Waals surface area (Å²) in [6, 6.07) is 9.29. The van der Waals surface area contributed by atoms with Crippen LogP contribution >= 0.6 is 0 Å². The minimum Gasteiger partial charge on any atom is -0.358 e. The molecule has 0 amide bonds. The lowest BCUT2D eigenvalue weighted by atomic mass is 9.82. The second kappa shape index (κ2) is 4.38. The van der Waals surface area contributed by atoms with Gasteiger partial charge in [0, 0.05) is 35.1 Å². The van der Waals surface area contributed by atoms with Gasteiger partial charge in [0.2, 0.25) is 0 Å². The Kier molecular flexibility index (Phi) is 2.94. The van der Waals surface area contributed by atoms with Gasteiger partial charge in [-0.25, -0.2) is 0 Å². The highest BCUT2D eigenvalue weighted by Gasteiger charge is 2.34. The Labute approximate surface area is 115 Å². The molecule has 0 bridgehead atoms.